The highest BCUT2D eigenvalue weighted by Gasteiger charge is 2.37. The van der Waals surface area contributed by atoms with E-state index in [2.05, 4.69) is 26.3 Å². The molecule has 3 amide bonds. The van der Waals surface area contributed by atoms with Gasteiger partial charge in [0.1, 0.15) is 23.7 Å². The lowest BCUT2D eigenvalue weighted by Crippen LogP contribution is -2.49. The second kappa shape index (κ2) is 16.7. The van der Waals surface area contributed by atoms with Gasteiger partial charge in [0.25, 0.3) is 0 Å². The molecule has 13 nitrogen and oxygen atoms in total. The van der Waals surface area contributed by atoms with Gasteiger partial charge in [-0.1, -0.05) is 84.9 Å². The number of carbonyl (C=O) groups is 3. The van der Waals surface area contributed by atoms with Crippen LogP contribution in [0.5, 0.6) is 0 Å². The van der Waals surface area contributed by atoms with Crippen LogP contribution in [-0.2, 0) is 27.2 Å². The first-order valence-electron chi connectivity index (χ1n) is 16.8. The third-order valence-electron chi connectivity index (χ3n) is 8.97. The fraction of sp³-hybridized carbons (Fsp3) is 0.289. The van der Waals surface area contributed by atoms with Crippen LogP contribution in [0.1, 0.15) is 34.6 Å². The summed E-state index contributed by atoms with van der Waals surface area (Å²) in [6.45, 7) is 1.36. The number of carboxylic acid groups (broad SMARTS) is 1. The number of aryl methyl sites for hydroxylation is 1. The van der Waals surface area contributed by atoms with Crippen molar-refractivity contribution in [3.05, 3.63) is 125 Å². The summed E-state index contributed by atoms with van der Waals surface area (Å²) in [5, 5.41) is 26.8. The van der Waals surface area contributed by atoms with Crippen LogP contribution in [0.4, 0.5) is 15.3 Å². The Morgan fingerprint density at radius 2 is 1.63 bits per heavy atom. The van der Waals surface area contributed by atoms with Gasteiger partial charge in [0.15, 0.2) is 0 Å². The Hall–Kier alpha value is -5.79. The van der Waals surface area contributed by atoms with Gasteiger partial charge in [-0.3, -0.25) is 9.69 Å². The number of hydrogen-bond acceptors (Lipinski definition) is 9. The molecule has 3 atom stereocenters. The van der Waals surface area contributed by atoms with Gasteiger partial charge in [-0.05, 0) is 63.6 Å². The van der Waals surface area contributed by atoms with Gasteiger partial charge in [0.05, 0.1) is 18.8 Å². The number of morpholine rings is 1. The molecule has 0 spiro atoms. The van der Waals surface area contributed by atoms with E-state index in [9.17, 15) is 19.5 Å². The molecular weight excluding hydrogens is 652 g/mol. The average Bonchev–Trinajstić information content (AvgIpc) is 3.64. The number of likely N-dealkylation sites (N-methyl/N-ethyl adjacent to an activating group) is 1. The van der Waals surface area contributed by atoms with Crippen LogP contribution in [0.2, 0.25) is 0 Å². The molecule has 13 heteroatoms. The summed E-state index contributed by atoms with van der Waals surface area (Å²) in [7, 11) is 1.43. The number of nitrogens with one attached hydrogen (secondary N) is 3. The zero-order valence-corrected chi connectivity index (χ0v) is 28.1. The first-order valence-corrected chi connectivity index (χ1v) is 16.8. The molecule has 1 fully saturated rings. The van der Waals surface area contributed by atoms with E-state index in [1.165, 1.54) is 7.05 Å². The third-order valence-corrected chi connectivity index (χ3v) is 8.97. The maximum atomic E-state index is 14.1. The van der Waals surface area contributed by atoms with Crippen LogP contribution < -0.4 is 16.0 Å². The van der Waals surface area contributed by atoms with Crippen LogP contribution in [0.15, 0.2) is 108 Å². The molecule has 0 unspecified atom stereocenters. The normalized spacial score (nSPS) is 16.4. The van der Waals surface area contributed by atoms with Crippen molar-refractivity contribution in [3.63, 3.8) is 0 Å². The lowest BCUT2D eigenvalue weighted by Gasteiger charge is -2.33. The van der Waals surface area contributed by atoms with Crippen LogP contribution >= 0.6 is 0 Å². The van der Waals surface area contributed by atoms with E-state index in [1.54, 1.807) is 12.1 Å². The number of fused-ring (bicyclic) bond motifs is 1. The van der Waals surface area contributed by atoms with E-state index in [-0.39, 0.29) is 25.3 Å². The van der Waals surface area contributed by atoms with Crippen molar-refractivity contribution in [1.82, 2.24) is 25.8 Å². The van der Waals surface area contributed by atoms with Gasteiger partial charge in [0, 0.05) is 31.7 Å². The van der Waals surface area contributed by atoms with E-state index in [0.717, 1.165) is 27.2 Å². The quantitative estimate of drug-likeness (QED) is 0.129. The van der Waals surface area contributed by atoms with Crippen molar-refractivity contribution in [2.24, 2.45) is 0 Å². The van der Waals surface area contributed by atoms with Crippen molar-refractivity contribution in [3.8, 4) is 0 Å². The highest BCUT2D eigenvalue weighted by molar-refractivity contribution is 5.98. The number of alkyl carbamates (subject to hydrolysis) is 1. The minimum atomic E-state index is -1.20. The van der Waals surface area contributed by atoms with Gasteiger partial charge in [0.2, 0.25) is 5.91 Å². The smallest absolute Gasteiger partial charge is 0.407 e. The molecule has 264 valence electrons. The summed E-state index contributed by atoms with van der Waals surface area (Å²) in [5.74, 6) is -0.973. The number of hydrogen-bond donors (Lipinski definition) is 4. The van der Waals surface area contributed by atoms with E-state index < -0.39 is 30.1 Å². The fourth-order valence-electron chi connectivity index (χ4n) is 6.23. The lowest BCUT2D eigenvalue weighted by atomic mass is 9.84. The highest BCUT2D eigenvalue weighted by Crippen LogP contribution is 2.32. The van der Waals surface area contributed by atoms with Crippen LogP contribution in [0.3, 0.4) is 0 Å². The van der Waals surface area contributed by atoms with Crippen molar-refractivity contribution in [1.29, 1.82) is 0 Å². The molecule has 1 saturated heterocycles. The molecule has 1 aromatic heterocycles. The first-order chi connectivity index (χ1) is 24.9. The number of para-hydroxylation sites is 1. The monoisotopic (exact) mass is 692 g/mol. The average molecular weight is 693 g/mol. The molecule has 51 heavy (non-hydrogen) atoms. The minimum Gasteiger partial charge on any atom is -0.465 e. The molecule has 5 aromatic rings. The predicted molar refractivity (Wildman–Crippen MR) is 189 cm³/mol. The first kappa shape index (κ1) is 35.1. The van der Waals surface area contributed by atoms with Crippen LogP contribution in [0.25, 0.3) is 11.0 Å². The number of ether oxygens (including phenoxy) is 2. The number of nitrogens with zero attached hydrogens (tertiary/aromatic N) is 3. The number of rotatable bonds is 13. The predicted octanol–water partition coefficient (Wildman–Crippen LogP) is 5.19. The summed E-state index contributed by atoms with van der Waals surface area (Å²) >= 11 is 0. The Balaban J connectivity index is 1.02. The van der Waals surface area contributed by atoms with Crippen molar-refractivity contribution < 1.29 is 33.6 Å². The minimum absolute atomic E-state index is 0.0915. The van der Waals surface area contributed by atoms with Crippen molar-refractivity contribution in [2.45, 2.75) is 43.5 Å². The molecule has 2 heterocycles. The second-order valence-electron chi connectivity index (χ2n) is 12.4. The highest BCUT2D eigenvalue weighted by atomic mass is 16.6. The van der Waals surface area contributed by atoms with Crippen LogP contribution in [0, 0.1) is 0 Å². The SMILES string of the molecule is CN(C(=O)O)[C@H](C(=O)Nc1ccccc1CC[C@@H]1CN[C@H](COC(=O)NCc2ccc3nonc3c2)CO1)C(c1ccccc1)c1ccccc1. The van der Waals surface area contributed by atoms with Crippen LogP contribution in [-0.4, -0.2) is 83.4 Å². The number of aromatic nitrogens is 2. The van der Waals surface area contributed by atoms with Crippen molar-refractivity contribution >= 4 is 34.8 Å². The van der Waals surface area contributed by atoms with Gasteiger partial charge in [-0.25, -0.2) is 14.2 Å². The number of benzene rings is 4. The molecule has 1 aliphatic heterocycles. The van der Waals surface area contributed by atoms with E-state index in [0.29, 0.717) is 42.7 Å². The second-order valence-corrected chi connectivity index (χ2v) is 12.4. The zero-order chi connectivity index (χ0) is 35.6. The Morgan fingerprint density at radius 1 is 0.941 bits per heavy atom. The van der Waals surface area contributed by atoms with Gasteiger partial charge >= 0.3 is 12.2 Å². The molecule has 6 rings (SSSR count). The zero-order valence-electron chi connectivity index (χ0n) is 28.1. The fourth-order valence-corrected chi connectivity index (χ4v) is 6.23. The molecule has 0 saturated carbocycles. The number of amides is 3. The van der Waals surface area contributed by atoms with E-state index in [1.807, 2.05) is 91.0 Å². The lowest BCUT2D eigenvalue weighted by molar-refractivity contribution is -0.120. The maximum absolute atomic E-state index is 14.1. The Bertz CT molecular complexity index is 1870. The molecule has 1 aliphatic rings. The van der Waals surface area contributed by atoms with E-state index in [4.69, 9.17) is 14.1 Å². The summed E-state index contributed by atoms with van der Waals surface area (Å²) in [6, 6.07) is 30.7. The summed E-state index contributed by atoms with van der Waals surface area (Å²) in [4.78, 5) is 39.8. The molecule has 4 N–H and O–H groups in total. The molecule has 0 bridgehead atoms. The van der Waals surface area contributed by atoms with E-state index >= 15 is 0 Å². The molecular formula is C38H40N6O7. The summed E-state index contributed by atoms with van der Waals surface area (Å²) < 4.78 is 16.2. The topological polar surface area (TPSA) is 168 Å². The van der Waals surface area contributed by atoms with Crippen molar-refractivity contribution in [2.75, 3.05) is 32.1 Å². The molecule has 0 radical (unpaired) electrons. The Labute approximate surface area is 294 Å². The standard InChI is InChI=1S/C38H40N6O7/c1-44(38(47)48)35(34(27-11-4-2-5-12-27)28-13-6-3-7-14-28)36(45)41-31-15-9-8-10-26(31)17-18-30-22-39-29(23-49-30)24-50-37(46)40-21-25-16-19-32-33(20-25)43-51-42-32/h2-16,19-20,29-30,34-35,39H,17-18,21-24H2,1H3,(H,40,46)(H,41,45)(H,47,48)/t29-,30+,35-/m0/s1. The number of carbonyl (C=O) groups excluding carboxylic acids is 2. The van der Waals surface area contributed by atoms with Gasteiger partial charge < -0.3 is 30.5 Å². The Kier molecular flexibility index (Phi) is 11.5. The van der Waals surface area contributed by atoms with Gasteiger partial charge in [-0.15, -0.1) is 0 Å². The molecule has 0 aliphatic carbocycles. The maximum Gasteiger partial charge on any atom is 0.407 e. The molecule has 4 aromatic carbocycles. The summed E-state index contributed by atoms with van der Waals surface area (Å²) in [5.41, 5.74) is 5.28. The summed E-state index contributed by atoms with van der Waals surface area (Å²) in [6.07, 6.45) is -0.541. The Morgan fingerprint density at radius 3 is 2.31 bits per heavy atom. The van der Waals surface area contributed by atoms with Gasteiger partial charge in [-0.2, -0.15) is 0 Å². The largest absolute Gasteiger partial charge is 0.465 e. The number of anilines is 1. The third kappa shape index (κ3) is 9.07.